The van der Waals surface area contributed by atoms with E-state index in [1.807, 2.05) is 17.9 Å². The van der Waals surface area contributed by atoms with Crippen molar-refractivity contribution in [2.24, 2.45) is 5.92 Å². The number of aromatic nitrogens is 2. The summed E-state index contributed by atoms with van der Waals surface area (Å²) in [6.07, 6.45) is 8.12. The highest BCUT2D eigenvalue weighted by atomic mass is 15.3. The molecular weight excluding hydrogens is 150 g/mol. The molecule has 1 N–H and O–H groups in total. The summed E-state index contributed by atoms with van der Waals surface area (Å²) in [6.45, 7) is 1.10. The summed E-state index contributed by atoms with van der Waals surface area (Å²) in [5.41, 5.74) is 1.11. The van der Waals surface area contributed by atoms with E-state index in [0.29, 0.717) is 0 Å². The highest BCUT2D eigenvalue weighted by molar-refractivity contribution is 5.36. The molecule has 12 heavy (non-hydrogen) atoms. The highest BCUT2D eigenvalue weighted by Gasteiger charge is 2.17. The zero-order valence-electron chi connectivity index (χ0n) is 7.45. The summed E-state index contributed by atoms with van der Waals surface area (Å²) in [5.74, 6) is 0.884. The summed E-state index contributed by atoms with van der Waals surface area (Å²) < 4.78 is 2.04. The first-order valence-electron chi connectivity index (χ1n) is 4.58. The van der Waals surface area contributed by atoms with E-state index in [2.05, 4.69) is 16.6 Å². The van der Waals surface area contributed by atoms with Crippen molar-refractivity contribution >= 4 is 5.69 Å². The summed E-state index contributed by atoms with van der Waals surface area (Å²) in [5, 5.41) is 7.34. The van der Waals surface area contributed by atoms with Crippen molar-refractivity contribution in [3.05, 3.63) is 12.4 Å². The quantitative estimate of drug-likeness (QED) is 0.739. The molecule has 3 heteroatoms. The lowest BCUT2D eigenvalue weighted by Gasteiger charge is -2.24. The van der Waals surface area contributed by atoms with Crippen LogP contribution in [0.25, 0.3) is 0 Å². The van der Waals surface area contributed by atoms with Crippen molar-refractivity contribution in [2.45, 2.75) is 25.8 Å². The van der Waals surface area contributed by atoms with Gasteiger partial charge in [0, 0.05) is 19.8 Å². The molecular formula is C9H15N3. The fourth-order valence-corrected chi connectivity index (χ4v) is 1.53. The monoisotopic (exact) mass is 165 g/mol. The number of hydrogen-bond donors (Lipinski definition) is 1. The molecule has 0 spiro atoms. The van der Waals surface area contributed by atoms with E-state index in [4.69, 9.17) is 0 Å². The standard InChI is InChI=1S/C9H15N3/c1-10-9-5-11-12(7-9)6-8-3-2-4-8/h5,7-8,10H,2-4,6H2,1H3. The molecule has 1 saturated carbocycles. The molecule has 1 aliphatic rings. The second-order valence-corrected chi connectivity index (χ2v) is 3.50. The zero-order valence-corrected chi connectivity index (χ0v) is 7.45. The fraction of sp³-hybridized carbons (Fsp3) is 0.667. The zero-order chi connectivity index (χ0) is 8.39. The van der Waals surface area contributed by atoms with Gasteiger partial charge in [0.05, 0.1) is 11.9 Å². The SMILES string of the molecule is CNc1cnn(CC2CCC2)c1. The lowest BCUT2D eigenvalue weighted by atomic mass is 9.85. The summed E-state index contributed by atoms with van der Waals surface area (Å²) in [6, 6.07) is 0. The number of nitrogens with one attached hydrogen (secondary N) is 1. The Morgan fingerprint density at radius 2 is 2.50 bits per heavy atom. The van der Waals surface area contributed by atoms with Gasteiger partial charge in [-0.25, -0.2) is 0 Å². The third kappa shape index (κ3) is 1.44. The Labute approximate surface area is 72.8 Å². The molecule has 0 saturated heterocycles. The van der Waals surface area contributed by atoms with Crippen molar-refractivity contribution in [1.29, 1.82) is 0 Å². The Hall–Kier alpha value is -0.990. The lowest BCUT2D eigenvalue weighted by Crippen LogP contribution is -2.18. The predicted molar refractivity (Wildman–Crippen MR) is 49.1 cm³/mol. The van der Waals surface area contributed by atoms with Crippen LogP contribution in [-0.4, -0.2) is 16.8 Å². The van der Waals surface area contributed by atoms with Gasteiger partial charge in [-0.05, 0) is 18.8 Å². The van der Waals surface area contributed by atoms with Crippen molar-refractivity contribution in [3.63, 3.8) is 0 Å². The molecule has 0 unspecified atom stereocenters. The van der Waals surface area contributed by atoms with Crippen molar-refractivity contribution in [2.75, 3.05) is 12.4 Å². The summed E-state index contributed by atoms with van der Waals surface area (Å²) in [7, 11) is 1.92. The third-order valence-electron chi connectivity index (χ3n) is 2.59. The van der Waals surface area contributed by atoms with Gasteiger partial charge in [-0.15, -0.1) is 0 Å². The molecule has 1 heterocycles. The smallest absolute Gasteiger partial charge is 0.0723 e. The van der Waals surface area contributed by atoms with Crippen molar-refractivity contribution in [1.82, 2.24) is 9.78 Å². The predicted octanol–water partition coefficient (Wildman–Crippen LogP) is 1.72. The van der Waals surface area contributed by atoms with Crippen LogP contribution in [0.3, 0.4) is 0 Å². The minimum Gasteiger partial charge on any atom is -0.386 e. The Balaban J connectivity index is 1.93. The maximum atomic E-state index is 4.26. The molecule has 3 nitrogen and oxygen atoms in total. The van der Waals surface area contributed by atoms with Gasteiger partial charge in [0.25, 0.3) is 0 Å². The lowest BCUT2D eigenvalue weighted by molar-refractivity contribution is 0.266. The van der Waals surface area contributed by atoms with Crippen LogP contribution in [0.5, 0.6) is 0 Å². The molecule has 1 aromatic rings. The minimum atomic E-state index is 0.884. The molecule has 1 aromatic heterocycles. The second kappa shape index (κ2) is 3.17. The topological polar surface area (TPSA) is 29.9 Å². The number of nitrogens with zero attached hydrogens (tertiary/aromatic N) is 2. The Bertz CT molecular complexity index is 250. The summed E-state index contributed by atoms with van der Waals surface area (Å²) in [4.78, 5) is 0. The first-order chi connectivity index (χ1) is 5.88. The van der Waals surface area contributed by atoms with Gasteiger partial charge in [0.15, 0.2) is 0 Å². The van der Waals surface area contributed by atoms with Gasteiger partial charge in [0.2, 0.25) is 0 Å². The maximum absolute atomic E-state index is 4.26. The van der Waals surface area contributed by atoms with Crippen LogP contribution in [0, 0.1) is 5.92 Å². The van der Waals surface area contributed by atoms with E-state index in [0.717, 1.165) is 18.2 Å². The van der Waals surface area contributed by atoms with Gasteiger partial charge >= 0.3 is 0 Å². The molecule has 66 valence electrons. The van der Waals surface area contributed by atoms with Gasteiger partial charge in [-0.3, -0.25) is 4.68 Å². The average Bonchev–Trinajstić information content (AvgIpc) is 2.44. The minimum absolute atomic E-state index is 0.884. The van der Waals surface area contributed by atoms with Gasteiger partial charge in [-0.1, -0.05) is 6.42 Å². The maximum Gasteiger partial charge on any atom is 0.0723 e. The first kappa shape index (κ1) is 7.65. The van der Waals surface area contributed by atoms with E-state index in [9.17, 15) is 0 Å². The summed E-state index contributed by atoms with van der Waals surface area (Å²) >= 11 is 0. The van der Waals surface area contributed by atoms with Crippen LogP contribution in [-0.2, 0) is 6.54 Å². The number of rotatable bonds is 3. The molecule has 0 amide bonds. The average molecular weight is 165 g/mol. The van der Waals surface area contributed by atoms with Crippen LogP contribution in [0.4, 0.5) is 5.69 Å². The largest absolute Gasteiger partial charge is 0.386 e. The molecule has 1 fully saturated rings. The van der Waals surface area contributed by atoms with Gasteiger partial charge in [0.1, 0.15) is 0 Å². The van der Waals surface area contributed by atoms with Crippen molar-refractivity contribution < 1.29 is 0 Å². The highest BCUT2D eigenvalue weighted by Crippen LogP contribution is 2.27. The van der Waals surface area contributed by atoms with Crippen LogP contribution in [0.1, 0.15) is 19.3 Å². The normalized spacial score (nSPS) is 17.4. The molecule has 0 aliphatic heterocycles. The number of hydrogen-bond acceptors (Lipinski definition) is 2. The van der Waals surface area contributed by atoms with E-state index >= 15 is 0 Å². The van der Waals surface area contributed by atoms with E-state index < -0.39 is 0 Å². The molecule has 0 bridgehead atoms. The molecule has 2 rings (SSSR count). The van der Waals surface area contributed by atoms with E-state index in [-0.39, 0.29) is 0 Å². The molecule has 0 aromatic carbocycles. The Kier molecular flexibility index (Phi) is 2.02. The first-order valence-corrected chi connectivity index (χ1v) is 4.58. The fourth-order valence-electron chi connectivity index (χ4n) is 1.53. The van der Waals surface area contributed by atoms with Crippen LogP contribution < -0.4 is 5.32 Å². The van der Waals surface area contributed by atoms with Gasteiger partial charge < -0.3 is 5.32 Å². The van der Waals surface area contributed by atoms with Crippen molar-refractivity contribution in [3.8, 4) is 0 Å². The van der Waals surface area contributed by atoms with Crippen LogP contribution in [0.2, 0.25) is 0 Å². The Morgan fingerprint density at radius 3 is 3.00 bits per heavy atom. The van der Waals surface area contributed by atoms with Crippen LogP contribution >= 0.6 is 0 Å². The second-order valence-electron chi connectivity index (χ2n) is 3.50. The molecule has 0 radical (unpaired) electrons. The van der Waals surface area contributed by atoms with Gasteiger partial charge in [-0.2, -0.15) is 5.10 Å². The molecule has 0 atom stereocenters. The third-order valence-corrected chi connectivity index (χ3v) is 2.59. The van der Waals surface area contributed by atoms with E-state index in [1.165, 1.54) is 19.3 Å². The molecule has 1 aliphatic carbocycles. The number of anilines is 1. The van der Waals surface area contributed by atoms with E-state index in [1.54, 1.807) is 0 Å². The van der Waals surface area contributed by atoms with Crippen LogP contribution in [0.15, 0.2) is 12.4 Å². The Morgan fingerprint density at radius 1 is 1.67 bits per heavy atom.